The summed E-state index contributed by atoms with van der Waals surface area (Å²) in [5.74, 6) is -0.538. The van der Waals surface area contributed by atoms with E-state index in [4.69, 9.17) is 58.3 Å². The summed E-state index contributed by atoms with van der Waals surface area (Å²) >= 11 is 0. The van der Waals surface area contributed by atoms with Crippen molar-refractivity contribution in [1.82, 2.24) is 28.9 Å². The molecule has 0 spiro atoms. The van der Waals surface area contributed by atoms with E-state index in [2.05, 4.69) is 21.1 Å². The third-order valence-electron chi connectivity index (χ3n) is 8.26. The van der Waals surface area contributed by atoms with Crippen LogP contribution in [-0.4, -0.2) is 91.2 Å². The lowest BCUT2D eigenvalue weighted by Gasteiger charge is -2.12. The number of nitrogens with one attached hydrogen (secondary N) is 2. The van der Waals surface area contributed by atoms with Crippen LogP contribution >= 0.6 is 0 Å². The Labute approximate surface area is 363 Å². The Morgan fingerprint density at radius 1 is 0.889 bits per heavy atom. The molecule has 0 unspecified atom stereocenters. The lowest BCUT2D eigenvalue weighted by Crippen LogP contribution is -2.24. The van der Waals surface area contributed by atoms with Crippen molar-refractivity contribution in [2.24, 2.45) is 33.7 Å². The maximum Gasteiger partial charge on any atom is 0.276 e. The molecular weight excluding hydrogens is 811 g/mol. The van der Waals surface area contributed by atoms with Gasteiger partial charge in [-0.3, -0.25) is 34.2 Å². The highest BCUT2D eigenvalue weighted by atomic mass is 16.5. The van der Waals surface area contributed by atoms with Gasteiger partial charge in [-0.15, -0.1) is 0 Å². The Bertz CT molecular complexity index is 2570. The second kappa shape index (κ2) is 24.3. The molecule has 4 amide bonds. The summed E-state index contributed by atoms with van der Waals surface area (Å²) in [4.78, 5) is 60.3. The molecule has 14 N–H and O–H groups in total. The molecule has 0 aliphatic carbocycles. The fourth-order valence-corrected chi connectivity index (χ4v) is 5.78. The van der Waals surface area contributed by atoms with E-state index in [1.54, 1.807) is 72.8 Å². The van der Waals surface area contributed by atoms with E-state index < -0.39 is 17.7 Å². The first-order valence-electron chi connectivity index (χ1n) is 19.4. The highest BCUT2D eigenvalue weighted by Gasteiger charge is 2.21. The smallest absolute Gasteiger partial charge is 0.276 e. The monoisotopic (exact) mass is 865 g/mol. The summed E-state index contributed by atoms with van der Waals surface area (Å²) in [7, 11) is 1.49. The molecule has 21 nitrogen and oxygen atoms in total. The zero-order valence-corrected chi connectivity index (χ0v) is 35.9. The zero-order valence-electron chi connectivity index (χ0n) is 35.9. The summed E-state index contributed by atoms with van der Waals surface area (Å²) < 4.78 is 17.1. The first-order valence-corrected chi connectivity index (χ1v) is 19.4. The molecule has 0 radical (unpaired) electrons. The number of nitrogen functional groups attached to an aromatic ring is 1. The number of benzene rings is 2. The van der Waals surface area contributed by atoms with Crippen molar-refractivity contribution in [1.29, 1.82) is 5.41 Å². The summed E-state index contributed by atoms with van der Waals surface area (Å²) in [5.41, 5.74) is 35.6. The Balaban J connectivity index is 0.00000166. The van der Waals surface area contributed by atoms with Crippen molar-refractivity contribution in [2.45, 2.75) is 47.3 Å². The Kier molecular flexibility index (Phi) is 19.0. The van der Waals surface area contributed by atoms with Crippen LogP contribution in [0.5, 0.6) is 11.5 Å². The van der Waals surface area contributed by atoms with E-state index in [0.717, 1.165) is 6.54 Å². The number of methoxy groups -OCH3 is 1. The van der Waals surface area contributed by atoms with Gasteiger partial charge in [0.05, 0.1) is 36.6 Å². The van der Waals surface area contributed by atoms with E-state index in [0.29, 0.717) is 69.6 Å². The maximum atomic E-state index is 13.6. The molecule has 0 aliphatic rings. The first kappa shape index (κ1) is 49.3. The van der Waals surface area contributed by atoms with Gasteiger partial charge in [-0.05, 0) is 75.9 Å². The molecule has 0 aliphatic heterocycles. The number of aromatic nitrogens is 6. The number of hydrogen-bond donors (Lipinski definition) is 8. The predicted molar refractivity (Wildman–Crippen MR) is 245 cm³/mol. The quantitative estimate of drug-likeness (QED) is 0.0358. The average molecular weight is 866 g/mol. The number of fused-ring (bicyclic) bond motifs is 2. The Morgan fingerprint density at radius 3 is 2.00 bits per heavy atom. The van der Waals surface area contributed by atoms with Gasteiger partial charge >= 0.3 is 0 Å². The molecule has 3 heterocycles. The zero-order chi connectivity index (χ0) is 46.6. The highest BCUT2D eigenvalue weighted by Crippen LogP contribution is 2.32. The highest BCUT2D eigenvalue weighted by molar-refractivity contribution is 6.47. The van der Waals surface area contributed by atoms with Gasteiger partial charge in [0.2, 0.25) is 24.2 Å². The van der Waals surface area contributed by atoms with Crippen molar-refractivity contribution in [3.05, 3.63) is 95.8 Å². The maximum absolute atomic E-state index is 13.6. The standard InChI is InChI=1S/C39H45N13O5.C2H7N.CH3NO/c1-5-45-30(16-24(3)41)38(55)49-39-48-29-18-26(37(44)54)20-32(57-15-9-8-12-50-22-27(42)21-46-50)35(29)52(39)14-7-6-13-51-33(11-10-23(2)40)47-28-17-25(36(43)53)19-31(56-4)34(28)51;1-2-3;2-1-3/h6-11,16-22,40H,5,12-15,41-42H2,1-4H3,(H2,43,53)(H2,44,54)(H,48,49,55);2-3H2,1H3;1H,(H2,2,3)/b7-6+,9-8+,11-10+,24-16-,40-23?,45-30?;;. The molecule has 5 aromatic rings. The lowest BCUT2D eigenvalue weighted by molar-refractivity contribution is -0.110. The van der Waals surface area contributed by atoms with Gasteiger partial charge < -0.3 is 58.4 Å². The number of carbonyl (C=O) groups excluding carboxylic acids is 4. The second-order valence-corrected chi connectivity index (χ2v) is 13.3. The minimum atomic E-state index is -0.691. The molecule has 0 saturated carbocycles. The number of aliphatic imine (C=N–C) groups is 1. The number of nitrogens with zero attached hydrogens (tertiary/aromatic N) is 7. The third kappa shape index (κ3) is 14.0. The Hall–Kier alpha value is -8.07. The first-order chi connectivity index (χ1) is 30.1. The van der Waals surface area contributed by atoms with Crippen LogP contribution in [-0.2, 0) is 29.2 Å². The fraction of sp³-hybridized carbons (Fsp3) is 0.262. The van der Waals surface area contributed by atoms with Crippen LogP contribution in [0.15, 0.2) is 83.8 Å². The summed E-state index contributed by atoms with van der Waals surface area (Å²) in [6.07, 6.45) is 15.7. The molecular formula is C42H55N15O6. The van der Waals surface area contributed by atoms with Crippen LogP contribution in [0.2, 0.25) is 0 Å². The molecule has 0 atom stereocenters. The number of nitrogens with two attached hydrogens (primary N) is 6. The van der Waals surface area contributed by atoms with Crippen LogP contribution in [0.3, 0.4) is 0 Å². The van der Waals surface area contributed by atoms with Crippen molar-refractivity contribution >= 4 is 75.3 Å². The molecule has 63 heavy (non-hydrogen) atoms. The average Bonchev–Trinajstić information content (AvgIpc) is 3.92. The summed E-state index contributed by atoms with van der Waals surface area (Å²) in [6.45, 7) is 9.09. The van der Waals surface area contributed by atoms with Gasteiger partial charge in [-0.1, -0.05) is 25.2 Å². The van der Waals surface area contributed by atoms with E-state index in [-0.39, 0.29) is 48.9 Å². The normalized spacial score (nSPS) is 11.7. The van der Waals surface area contributed by atoms with Crippen LogP contribution < -0.4 is 49.2 Å². The van der Waals surface area contributed by atoms with Crippen molar-refractivity contribution in [3.63, 3.8) is 0 Å². The van der Waals surface area contributed by atoms with Crippen LogP contribution in [0.4, 0.5) is 11.6 Å². The Morgan fingerprint density at radius 2 is 1.46 bits per heavy atom. The molecule has 0 fully saturated rings. The summed E-state index contributed by atoms with van der Waals surface area (Å²) in [6, 6.07) is 6.19. The lowest BCUT2D eigenvalue weighted by atomic mass is 10.1. The molecule has 5 rings (SSSR count). The minimum absolute atomic E-state index is 0.103. The number of amides is 4. The van der Waals surface area contributed by atoms with Gasteiger partial charge in [0.15, 0.2) is 0 Å². The van der Waals surface area contributed by atoms with E-state index >= 15 is 0 Å². The van der Waals surface area contributed by atoms with E-state index in [1.807, 2.05) is 29.7 Å². The SMILES string of the molecule is CCN.CCN=C(/C=C(/C)N)C(=O)Nc1nc2cc(C(N)=O)cc(OC/C=C/Cn3cc(N)cn3)c2n1C/C=C/Cn1c(/C=C/C(C)=N)nc2cc(C(N)=O)cc(OC)c21.NC=O. The number of anilines is 2. The number of carbonyl (C=O) groups is 4. The molecule has 334 valence electrons. The number of primary amides is 3. The molecule has 0 bridgehead atoms. The van der Waals surface area contributed by atoms with Crippen molar-refractivity contribution < 1.29 is 28.7 Å². The predicted octanol–water partition coefficient (Wildman–Crippen LogP) is 2.64. The number of imidazole rings is 2. The fourth-order valence-electron chi connectivity index (χ4n) is 5.78. The number of ether oxygens (including phenoxy) is 2. The number of rotatable bonds is 18. The topological polar surface area (TPSA) is 345 Å². The largest absolute Gasteiger partial charge is 0.494 e. The summed E-state index contributed by atoms with van der Waals surface area (Å²) in [5, 5.41) is 14.9. The van der Waals surface area contributed by atoms with Crippen molar-refractivity contribution in [2.75, 3.05) is 37.9 Å². The minimum Gasteiger partial charge on any atom is -0.494 e. The van der Waals surface area contributed by atoms with Crippen LogP contribution in [0.1, 0.15) is 54.2 Å². The number of allylic oxidation sites excluding steroid dienone is 5. The van der Waals surface area contributed by atoms with E-state index in [1.165, 1.54) is 25.3 Å². The molecule has 21 heteroatoms. The van der Waals surface area contributed by atoms with E-state index in [9.17, 15) is 14.4 Å². The molecule has 2 aromatic carbocycles. The van der Waals surface area contributed by atoms with Gasteiger partial charge in [-0.2, -0.15) is 5.10 Å². The van der Waals surface area contributed by atoms with Gasteiger partial charge in [-0.25, -0.2) is 9.97 Å². The molecule has 3 aromatic heterocycles. The third-order valence-corrected chi connectivity index (χ3v) is 8.26. The van der Waals surface area contributed by atoms with Crippen molar-refractivity contribution in [3.8, 4) is 11.5 Å². The molecule has 0 saturated heterocycles. The van der Waals surface area contributed by atoms with Gasteiger partial charge in [0, 0.05) is 48.4 Å². The van der Waals surface area contributed by atoms with Gasteiger partial charge in [0.25, 0.3) is 5.91 Å². The second-order valence-electron chi connectivity index (χ2n) is 13.3. The number of hydrogen-bond acceptors (Lipinski definition) is 14. The van der Waals surface area contributed by atoms with Crippen LogP contribution in [0.25, 0.3) is 28.1 Å². The van der Waals surface area contributed by atoms with Crippen LogP contribution in [0, 0.1) is 5.41 Å². The van der Waals surface area contributed by atoms with Gasteiger partial charge in [0.1, 0.15) is 40.7 Å².